The Kier molecular flexibility index (Phi) is 3.66. The van der Waals surface area contributed by atoms with Gasteiger partial charge in [0, 0.05) is 18.8 Å². The van der Waals surface area contributed by atoms with E-state index in [0.717, 1.165) is 0 Å². The molecule has 1 aliphatic rings. The van der Waals surface area contributed by atoms with Crippen molar-refractivity contribution in [2.45, 2.75) is 0 Å². The molecule has 2 amide bonds. The first-order chi connectivity index (χ1) is 8.68. The van der Waals surface area contributed by atoms with E-state index in [4.69, 9.17) is 10.5 Å². The summed E-state index contributed by atoms with van der Waals surface area (Å²) >= 11 is 0. The van der Waals surface area contributed by atoms with Gasteiger partial charge in [-0.05, 0) is 12.1 Å². The van der Waals surface area contributed by atoms with E-state index < -0.39 is 5.97 Å². The third-order valence-corrected chi connectivity index (χ3v) is 2.72. The minimum absolute atomic E-state index is 0.120. The molecule has 0 atom stereocenters. The fraction of sp³-hybridized carbons (Fsp3) is 0.333. The molecule has 6 nitrogen and oxygen atoms in total. The van der Waals surface area contributed by atoms with Gasteiger partial charge < -0.3 is 20.7 Å². The number of carbonyl (C=O) groups is 2. The summed E-state index contributed by atoms with van der Waals surface area (Å²) < 4.78 is 5.08. The molecule has 2 rings (SSSR count). The van der Waals surface area contributed by atoms with Gasteiger partial charge in [0.25, 0.3) is 0 Å². The Bertz CT molecular complexity index is 462. The number of nitrogens with one attached hydrogen (secondary N) is 1. The van der Waals surface area contributed by atoms with E-state index in [1.807, 2.05) is 0 Å². The van der Waals surface area contributed by atoms with E-state index in [1.54, 1.807) is 29.2 Å². The van der Waals surface area contributed by atoms with Gasteiger partial charge in [-0.2, -0.15) is 0 Å². The lowest BCUT2D eigenvalue weighted by molar-refractivity contribution is 0.0482. The smallest absolute Gasteiger partial charge is 0.340 e. The highest BCUT2D eigenvalue weighted by atomic mass is 16.5. The maximum Gasteiger partial charge on any atom is 0.340 e. The summed E-state index contributed by atoms with van der Waals surface area (Å²) in [6.07, 6.45) is 0. The number of nitrogens with two attached hydrogens (primary N) is 1. The number of hydrogen-bond acceptors (Lipinski definition) is 4. The van der Waals surface area contributed by atoms with Crippen LogP contribution in [0.2, 0.25) is 0 Å². The molecule has 18 heavy (non-hydrogen) atoms. The lowest BCUT2D eigenvalue weighted by Gasteiger charge is -2.14. The molecule has 0 aromatic heterocycles. The predicted octanol–water partition coefficient (Wildman–Crippen LogP) is 0.451. The number of para-hydroxylation sites is 1. The first-order valence-electron chi connectivity index (χ1n) is 5.73. The molecule has 1 heterocycles. The van der Waals surface area contributed by atoms with E-state index in [2.05, 4.69) is 5.32 Å². The molecule has 1 aromatic rings. The van der Waals surface area contributed by atoms with Crippen molar-refractivity contribution >= 4 is 17.7 Å². The molecule has 0 bridgehead atoms. The Labute approximate surface area is 105 Å². The van der Waals surface area contributed by atoms with Gasteiger partial charge in [-0.15, -0.1) is 0 Å². The van der Waals surface area contributed by atoms with Crippen molar-refractivity contribution in [1.29, 1.82) is 0 Å². The molecular formula is C12H15N3O3. The quantitative estimate of drug-likeness (QED) is 0.599. The SMILES string of the molecule is Nc1ccccc1C(=O)OCCN1CCNC1=O. The number of hydrogen-bond donors (Lipinski definition) is 2. The minimum Gasteiger partial charge on any atom is -0.460 e. The van der Waals surface area contributed by atoms with Gasteiger partial charge in [0.1, 0.15) is 6.61 Å². The maximum atomic E-state index is 11.7. The molecule has 0 radical (unpaired) electrons. The zero-order valence-corrected chi connectivity index (χ0v) is 9.89. The van der Waals surface area contributed by atoms with Gasteiger partial charge in [0.15, 0.2) is 0 Å². The number of benzene rings is 1. The summed E-state index contributed by atoms with van der Waals surface area (Å²) in [4.78, 5) is 24.5. The highest BCUT2D eigenvalue weighted by molar-refractivity contribution is 5.94. The molecule has 1 saturated heterocycles. The zero-order chi connectivity index (χ0) is 13.0. The summed E-state index contributed by atoms with van der Waals surface area (Å²) in [5.41, 5.74) is 6.40. The average molecular weight is 249 g/mol. The number of nitrogens with zero attached hydrogens (tertiary/aromatic N) is 1. The second-order valence-corrected chi connectivity index (χ2v) is 3.94. The summed E-state index contributed by atoms with van der Waals surface area (Å²) in [6, 6.07) is 6.61. The molecule has 1 aromatic carbocycles. The van der Waals surface area contributed by atoms with Gasteiger partial charge >= 0.3 is 12.0 Å². The van der Waals surface area contributed by atoms with Crippen molar-refractivity contribution in [2.75, 3.05) is 32.0 Å². The molecular weight excluding hydrogens is 234 g/mol. The number of ether oxygens (including phenoxy) is 1. The Balaban J connectivity index is 1.82. The van der Waals surface area contributed by atoms with Crippen LogP contribution in [0, 0.1) is 0 Å². The van der Waals surface area contributed by atoms with Crippen molar-refractivity contribution in [3.63, 3.8) is 0 Å². The molecule has 3 N–H and O–H groups in total. The minimum atomic E-state index is -0.465. The Morgan fingerprint density at radius 1 is 1.44 bits per heavy atom. The van der Waals surface area contributed by atoms with E-state index >= 15 is 0 Å². The molecule has 0 spiro atoms. The largest absolute Gasteiger partial charge is 0.460 e. The second kappa shape index (κ2) is 5.39. The van der Waals surface area contributed by atoms with Crippen molar-refractivity contribution in [2.24, 2.45) is 0 Å². The van der Waals surface area contributed by atoms with Gasteiger partial charge in [-0.1, -0.05) is 12.1 Å². The average Bonchev–Trinajstić information content (AvgIpc) is 2.75. The second-order valence-electron chi connectivity index (χ2n) is 3.94. The van der Waals surface area contributed by atoms with E-state index in [0.29, 0.717) is 30.9 Å². The van der Waals surface area contributed by atoms with Crippen LogP contribution in [0.3, 0.4) is 0 Å². The fourth-order valence-corrected chi connectivity index (χ4v) is 1.73. The van der Waals surface area contributed by atoms with Crippen molar-refractivity contribution < 1.29 is 14.3 Å². The van der Waals surface area contributed by atoms with Crippen LogP contribution < -0.4 is 11.1 Å². The van der Waals surface area contributed by atoms with Crippen LogP contribution >= 0.6 is 0 Å². The molecule has 0 saturated carbocycles. The third kappa shape index (κ3) is 2.71. The first-order valence-corrected chi connectivity index (χ1v) is 5.73. The number of rotatable bonds is 4. The molecule has 96 valence electrons. The third-order valence-electron chi connectivity index (χ3n) is 2.72. The number of esters is 1. The van der Waals surface area contributed by atoms with Gasteiger partial charge in [-0.25, -0.2) is 9.59 Å². The topological polar surface area (TPSA) is 84.7 Å². The van der Waals surface area contributed by atoms with Crippen molar-refractivity contribution in [3.05, 3.63) is 29.8 Å². The summed E-state index contributed by atoms with van der Waals surface area (Å²) in [5.74, 6) is -0.465. The monoisotopic (exact) mass is 249 g/mol. The van der Waals surface area contributed by atoms with Crippen LogP contribution in [-0.2, 0) is 4.74 Å². The molecule has 1 aliphatic heterocycles. The number of amides is 2. The first kappa shape index (κ1) is 12.2. The molecule has 1 fully saturated rings. The van der Waals surface area contributed by atoms with Crippen LogP contribution in [0.15, 0.2) is 24.3 Å². The van der Waals surface area contributed by atoms with E-state index in [-0.39, 0.29) is 12.6 Å². The summed E-state index contributed by atoms with van der Waals surface area (Å²) in [5, 5.41) is 2.68. The Hall–Kier alpha value is -2.24. The zero-order valence-electron chi connectivity index (χ0n) is 9.89. The molecule has 0 unspecified atom stereocenters. The van der Waals surface area contributed by atoms with Crippen LogP contribution in [-0.4, -0.2) is 43.1 Å². The van der Waals surface area contributed by atoms with Gasteiger partial charge in [0.2, 0.25) is 0 Å². The van der Waals surface area contributed by atoms with Gasteiger partial charge in [-0.3, -0.25) is 0 Å². The molecule has 0 aliphatic carbocycles. The van der Waals surface area contributed by atoms with E-state index in [1.165, 1.54) is 0 Å². The molecule has 6 heteroatoms. The number of urea groups is 1. The van der Waals surface area contributed by atoms with Crippen LogP contribution in [0.4, 0.5) is 10.5 Å². The van der Waals surface area contributed by atoms with Gasteiger partial charge in [0.05, 0.1) is 12.1 Å². The number of anilines is 1. The lowest BCUT2D eigenvalue weighted by Crippen LogP contribution is -2.31. The lowest BCUT2D eigenvalue weighted by atomic mass is 10.2. The van der Waals surface area contributed by atoms with Crippen LogP contribution in [0.25, 0.3) is 0 Å². The van der Waals surface area contributed by atoms with Crippen molar-refractivity contribution in [1.82, 2.24) is 10.2 Å². The normalized spacial score (nSPS) is 14.4. The van der Waals surface area contributed by atoms with Crippen molar-refractivity contribution in [3.8, 4) is 0 Å². The summed E-state index contributed by atoms with van der Waals surface area (Å²) in [7, 11) is 0. The predicted molar refractivity (Wildman–Crippen MR) is 66.1 cm³/mol. The Morgan fingerprint density at radius 2 is 2.22 bits per heavy atom. The number of nitrogen functional groups attached to an aromatic ring is 1. The van der Waals surface area contributed by atoms with E-state index in [9.17, 15) is 9.59 Å². The van der Waals surface area contributed by atoms with Crippen LogP contribution in [0.1, 0.15) is 10.4 Å². The fourth-order valence-electron chi connectivity index (χ4n) is 1.73. The van der Waals surface area contributed by atoms with Crippen LogP contribution in [0.5, 0.6) is 0 Å². The number of carbonyl (C=O) groups excluding carboxylic acids is 2. The standard InChI is InChI=1S/C12H15N3O3/c13-10-4-2-1-3-9(10)11(16)18-8-7-15-6-5-14-12(15)17/h1-4H,5-8,13H2,(H,14,17). The maximum absolute atomic E-state index is 11.7. The summed E-state index contributed by atoms with van der Waals surface area (Å²) in [6.45, 7) is 1.84. The highest BCUT2D eigenvalue weighted by Gasteiger charge is 2.19. The highest BCUT2D eigenvalue weighted by Crippen LogP contribution is 2.11. The Morgan fingerprint density at radius 3 is 2.89 bits per heavy atom.